The van der Waals surface area contributed by atoms with Gasteiger partial charge in [-0.05, 0) is 88.0 Å². The quantitative estimate of drug-likeness (QED) is 0.551. The van der Waals surface area contributed by atoms with E-state index < -0.39 is 23.5 Å². The summed E-state index contributed by atoms with van der Waals surface area (Å²) >= 11 is 0. The van der Waals surface area contributed by atoms with Crippen molar-refractivity contribution in [3.8, 4) is 0 Å². The second-order valence-electron chi connectivity index (χ2n) is 9.14. The van der Waals surface area contributed by atoms with Crippen LogP contribution in [-0.2, 0) is 6.18 Å². The van der Waals surface area contributed by atoms with Crippen LogP contribution in [0.5, 0.6) is 0 Å². The predicted octanol–water partition coefficient (Wildman–Crippen LogP) is 5.58. The number of rotatable bonds is 6. The first kappa shape index (κ1) is 24.4. The average Bonchev–Trinajstić information content (AvgIpc) is 2.83. The number of pyridine rings is 1. The number of alkyl halides is 3. The number of nitrogens with zero attached hydrogens (tertiary/aromatic N) is 3. The summed E-state index contributed by atoms with van der Waals surface area (Å²) in [4.78, 5) is 21.8. The number of hydrogen-bond acceptors (Lipinski definition) is 4. The molecule has 0 unspecified atom stereocenters. The molecule has 2 aliphatic heterocycles. The number of halogens is 4. The maximum atomic E-state index is 13.9. The Balaban J connectivity index is 1.36. The van der Waals surface area contributed by atoms with Gasteiger partial charge in [0.25, 0.3) is 5.91 Å². The zero-order chi connectivity index (χ0) is 24.1. The van der Waals surface area contributed by atoms with Crippen LogP contribution in [0.1, 0.15) is 54.4 Å². The highest BCUT2D eigenvalue weighted by molar-refractivity contribution is 6.05. The predicted molar refractivity (Wildman–Crippen MR) is 123 cm³/mol. The van der Waals surface area contributed by atoms with E-state index in [0.29, 0.717) is 29.6 Å². The molecular weight excluding hydrogens is 448 g/mol. The summed E-state index contributed by atoms with van der Waals surface area (Å²) in [5, 5.41) is 2.69. The SMILES string of the molecule is O=C(Nc1cccnc1N1CCC(CCN2CCCCC2)CC1)c1ccc(C(F)(F)F)c(F)c1. The summed E-state index contributed by atoms with van der Waals surface area (Å²) in [7, 11) is 0. The van der Waals surface area contributed by atoms with Gasteiger partial charge in [-0.15, -0.1) is 0 Å². The zero-order valence-electron chi connectivity index (χ0n) is 19.1. The number of nitrogens with one attached hydrogen (secondary N) is 1. The first-order valence-corrected chi connectivity index (χ1v) is 11.9. The Kier molecular flexibility index (Phi) is 7.70. The van der Waals surface area contributed by atoms with E-state index in [4.69, 9.17) is 0 Å². The molecule has 0 bridgehead atoms. The van der Waals surface area contributed by atoms with E-state index in [0.717, 1.165) is 38.5 Å². The molecule has 2 fully saturated rings. The zero-order valence-corrected chi connectivity index (χ0v) is 19.1. The maximum absolute atomic E-state index is 13.9. The monoisotopic (exact) mass is 478 g/mol. The summed E-state index contributed by atoms with van der Waals surface area (Å²) in [5.74, 6) is -0.871. The number of carbonyl (C=O) groups is 1. The third-order valence-corrected chi connectivity index (χ3v) is 6.79. The standard InChI is InChI=1S/C25H30F4N4O/c26-21-17-19(6-7-20(21)25(27,28)29)24(34)31-22-5-4-11-30-23(22)33-15-9-18(10-16-33)8-14-32-12-2-1-3-13-32/h4-7,11,17-18H,1-3,8-10,12-16H2,(H,31,34). The maximum Gasteiger partial charge on any atom is 0.419 e. The van der Waals surface area contributed by atoms with Crippen LogP contribution in [0.4, 0.5) is 29.1 Å². The lowest BCUT2D eigenvalue weighted by atomic mass is 9.93. The van der Waals surface area contributed by atoms with Crippen molar-refractivity contribution in [2.24, 2.45) is 5.92 Å². The van der Waals surface area contributed by atoms with Crippen molar-refractivity contribution < 1.29 is 22.4 Å². The molecule has 0 spiro atoms. The second kappa shape index (κ2) is 10.7. The van der Waals surface area contributed by atoms with Gasteiger partial charge in [0.2, 0.25) is 0 Å². The third-order valence-electron chi connectivity index (χ3n) is 6.79. The number of hydrogen-bond donors (Lipinski definition) is 1. The Morgan fingerprint density at radius 1 is 1.06 bits per heavy atom. The highest BCUT2D eigenvalue weighted by atomic mass is 19.4. The smallest absolute Gasteiger partial charge is 0.355 e. The summed E-state index contributed by atoms with van der Waals surface area (Å²) in [6.07, 6.45) is 4.05. The fourth-order valence-corrected chi connectivity index (χ4v) is 4.81. The molecule has 5 nitrogen and oxygen atoms in total. The highest BCUT2D eigenvalue weighted by Gasteiger charge is 2.34. The van der Waals surface area contributed by atoms with E-state index in [9.17, 15) is 22.4 Å². The first-order valence-electron chi connectivity index (χ1n) is 11.9. The van der Waals surface area contributed by atoms with E-state index in [-0.39, 0.29) is 5.56 Å². The van der Waals surface area contributed by atoms with Crippen molar-refractivity contribution in [3.05, 3.63) is 53.5 Å². The Hall–Kier alpha value is -2.68. The first-order chi connectivity index (χ1) is 16.3. The topological polar surface area (TPSA) is 48.5 Å². The fourth-order valence-electron chi connectivity index (χ4n) is 4.81. The minimum atomic E-state index is -4.81. The summed E-state index contributed by atoms with van der Waals surface area (Å²) in [5.41, 5.74) is -1.12. The van der Waals surface area contributed by atoms with Crippen LogP contribution in [0, 0.1) is 11.7 Å². The van der Waals surface area contributed by atoms with Crippen molar-refractivity contribution in [1.29, 1.82) is 0 Å². The largest absolute Gasteiger partial charge is 0.419 e. The van der Waals surface area contributed by atoms with Crippen LogP contribution < -0.4 is 10.2 Å². The molecule has 0 aliphatic carbocycles. The normalized spacial score (nSPS) is 18.2. The molecule has 2 aliphatic rings. The number of carbonyl (C=O) groups excluding carboxylic acids is 1. The third kappa shape index (κ3) is 6.05. The second-order valence-corrected chi connectivity index (χ2v) is 9.14. The van der Waals surface area contributed by atoms with Crippen LogP contribution in [0.2, 0.25) is 0 Å². The lowest BCUT2D eigenvalue weighted by Crippen LogP contribution is -2.37. The van der Waals surface area contributed by atoms with Gasteiger partial charge in [-0.3, -0.25) is 4.79 Å². The number of amides is 1. The number of piperidine rings is 2. The lowest BCUT2D eigenvalue weighted by Gasteiger charge is -2.35. The Morgan fingerprint density at radius 2 is 1.79 bits per heavy atom. The lowest BCUT2D eigenvalue weighted by molar-refractivity contribution is -0.140. The molecule has 3 heterocycles. The van der Waals surface area contributed by atoms with Gasteiger partial charge >= 0.3 is 6.18 Å². The van der Waals surface area contributed by atoms with Gasteiger partial charge in [0.05, 0.1) is 11.3 Å². The Labute approximate surface area is 197 Å². The summed E-state index contributed by atoms with van der Waals surface area (Å²) < 4.78 is 52.3. The van der Waals surface area contributed by atoms with Crippen LogP contribution in [0.25, 0.3) is 0 Å². The molecule has 34 heavy (non-hydrogen) atoms. The van der Waals surface area contributed by atoms with Gasteiger partial charge in [-0.1, -0.05) is 6.42 Å². The Morgan fingerprint density at radius 3 is 2.47 bits per heavy atom. The molecular formula is C25H30F4N4O. The van der Waals surface area contributed by atoms with E-state index in [1.165, 1.54) is 38.8 Å². The van der Waals surface area contributed by atoms with Crippen molar-refractivity contribution in [1.82, 2.24) is 9.88 Å². The summed E-state index contributed by atoms with van der Waals surface area (Å²) in [6.45, 7) is 5.20. The molecule has 1 amide bonds. The molecule has 0 saturated carbocycles. The number of anilines is 2. The summed E-state index contributed by atoms with van der Waals surface area (Å²) in [6, 6.07) is 5.55. The van der Waals surface area contributed by atoms with Crippen molar-refractivity contribution in [2.75, 3.05) is 42.9 Å². The molecule has 9 heteroatoms. The van der Waals surface area contributed by atoms with Gasteiger partial charge in [0.1, 0.15) is 5.82 Å². The molecule has 1 aromatic heterocycles. The van der Waals surface area contributed by atoms with E-state index in [1.54, 1.807) is 18.3 Å². The van der Waals surface area contributed by atoms with E-state index >= 15 is 0 Å². The van der Waals surface area contributed by atoms with Crippen LogP contribution >= 0.6 is 0 Å². The van der Waals surface area contributed by atoms with Gasteiger partial charge < -0.3 is 15.1 Å². The minimum absolute atomic E-state index is 0.184. The van der Waals surface area contributed by atoms with Crippen LogP contribution in [-0.4, -0.2) is 48.5 Å². The minimum Gasteiger partial charge on any atom is -0.355 e. The number of aromatic nitrogens is 1. The molecule has 1 N–H and O–H groups in total. The number of benzene rings is 1. The molecule has 2 saturated heterocycles. The molecule has 2 aromatic rings. The Bertz CT molecular complexity index is 983. The van der Waals surface area contributed by atoms with Crippen molar-refractivity contribution >= 4 is 17.4 Å². The molecule has 184 valence electrons. The van der Waals surface area contributed by atoms with Gasteiger partial charge in [0.15, 0.2) is 5.82 Å². The van der Waals surface area contributed by atoms with Crippen molar-refractivity contribution in [3.63, 3.8) is 0 Å². The molecule has 1 aromatic carbocycles. The molecule has 4 rings (SSSR count). The van der Waals surface area contributed by atoms with E-state index in [2.05, 4.69) is 20.1 Å². The van der Waals surface area contributed by atoms with Crippen LogP contribution in [0.15, 0.2) is 36.5 Å². The average molecular weight is 479 g/mol. The highest BCUT2D eigenvalue weighted by Crippen LogP contribution is 2.32. The van der Waals surface area contributed by atoms with E-state index in [1.807, 2.05) is 0 Å². The fraction of sp³-hybridized carbons (Fsp3) is 0.520. The van der Waals surface area contributed by atoms with Crippen molar-refractivity contribution in [2.45, 2.75) is 44.7 Å². The molecule has 0 radical (unpaired) electrons. The van der Waals surface area contributed by atoms with Gasteiger partial charge in [-0.2, -0.15) is 13.2 Å². The van der Waals surface area contributed by atoms with Gasteiger partial charge in [-0.25, -0.2) is 9.37 Å². The molecule has 0 atom stereocenters. The number of likely N-dealkylation sites (tertiary alicyclic amines) is 1. The van der Waals surface area contributed by atoms with Crippen LogP contribution in [0.3, 0.4) is 0 Å². The van der Waals surface area contributed by atoms with Gasteiger partial charge in [0, 0.05) is 24.8 Å².